The Balaban J connectivity index is 1.58. The first-order valence-electron chi connectivity index (χ1n) is 7.66. The summed E-state index contributed by atoms with van der Waals surface area (Å²) in [6.07, 6.45) is -3.05. The molecule has 2 amide bonds. The maximum absolute atomic E-state index is 12.5. The average Bonchev–Trinajstić information content (AvgIpc) is 3.03. The highest BCUT2D eigenvalue weighted by atomic mass is 19.4. The summed E-state index contributed by atoms with van der Waals surface area (Å²) in [4.78, 5) is 27.0. The predicted molar refractivity (Wildman–Crippen MR) is 89.1 cm³/mol. The Bertz CT molecular complexity index is 946. The van der Waals surface area contributed by atoms with Crippen molar-refractivity contribution in [3.63, 3.8) is 0 Å². The van der Waals surface area contributed by atoms with Crippen LogP contribution in [0.2, 0.25) is 0 Å². The third-order valence-corrected chi connectivity index (χ3v) is 3.80. The van der Waals surface area contributed by atoms with E-state index in [4.69, 9.17) is 0 Å². The molecule has 0 aliphatic carbocycles. The van der Waals surface area contributed by atoms with E-state index in [-0.39, 0.29) is 6.42 Å². The summed E-state index contributed by atoms with van der Waals surface area (Å²) in [6.45, 7) is 0. The van der Waals surface area contributed by atoms with Gasteiger partial charge in [-0.3, -0.25) is 20.4 Å². The smallest absolute Gasteiger partial charge is 0.360 e. The summed E-state index contributed by atoms with van der Waals surface area (Å²) in [5, 5.41) is 0.710. The molecule has 0 saturated carbocycles. The molecule has 0 radical (unpaired) electrons. The molecule has 0 atom stereocenters. The van der Waals surface area contributed by atoms with Crippen molar-refractivity contribution in [3.05, 3.63) is 71.4 Å². The van der Waals surface area contributed by atoms with Gasteiger partial charge in [0.15, 0.2) is 0 Å². The predicted octanol–water partition coefficient (Wildman–Crippen LogP) is 3.19. The van der Waals surface area contributed by atoms with Crippen LogP contribution in [0, 0.1) is 0 Å². The lowest BCUT2D eigenvalue weighted by atomic mass is 10.1. The van der Waals surface area contributed by atoms with Gasteiger partial charge >= 0.3 is 6.18 Å². The fraction of sp³-hybridized carbons (Fsp3) is 0.111. The number of benzene rings is 2. The molecule has 3 N–H and O–H groups in total. The monoisotopic (exact) mass is 361 g/mol. The quantitative estimate of drug-likeness (QED) is 0.627. The second-order valence-electron chi connectivity index (χ2n) is 5.62. The third-order valence-electron chi connectivity index (χ3n) is 3.80. The molecular weight excluding hydrogens is 347 g/mol. The Morgan fingerprint density at radius 3 is 2.35 bits per heavy atom. The lowest BCUT2D eigenvalue weighted by Gasteiger charge is -2.09. The number of hydrogen-bond acceptors (Lipinski definition) is 2. The van der Waals surface area contributed by atoms with Crippen LogP contribution in [0.25, 0.3) is 10.9 Å². The van der Waals surface area contributed by atoms with Crippen molar-refractivity contribution in [2.75, 3.05) is 0 Å². The number of aromatic nitrogens is 1. The molecule has 0 fully saturated rings. The summed E-state index contributed by atoms with van der Waals surface area (Å²) in [7, 11) is 0. The van der Waals surface area contributed by atoms with Gasteiger partial charge in [0.05, 0.1) is 17.5 Å². The lowest BCUT2D eigenvalue weighted by Crippen LogP contribution is -2.42. The highest BCUT2D eigenvalue weighted by molar-refractivity contribution is 6.07. The van der Waals surface area contributed by atoms with Crippen LogP contribution in [-0.2, 0) is 17.4 Å². The van der Waals surface area contributed by atoms with E-state index in [9.17, 15) is 22.8 Å². The van der Waals surface area contributed by atoms with E-state index in [2.05, 4.69) is 15.8 Å². The summed E-state index contributed by atoms with van der Waals surface area (Å²) in [5.41, 5.74) is 5.32. The number of aromatic amines is 1. The third kappa shape index (κ3) is 3.85. The largest absolute Gasteiger partial charge is 0.416 e. The number of hydrogen-bond donors (Lipinski definition) is 3. The van der Waals surface area contributed by atoms with E-state index in [1.54, 1.807) is 12.1 Å². The molecule has 0 spiro atoms. The number of nitrogens with one attached hydrogen (secondary N) is 3. The number of carbonyl (C=O) groups is 2. The SMILES string of the molecule is O=C(Cc1ccc(C(F)(F)F)cc1)NNC(=O)c1c[nH]c2ccccc12. The number of alkyl halides is 3. The summed E-state index contributed by atoms with van der Waals surface area (Å²) < 4.78 is 37.5. The van der Waals surface area contributed by atoms with Crippen molar-refractivity contribution in [1.29, 1.82) is 0 Å². The van der Waals surface area contributed by atoms with Crippen molar-refractivity contribution in [2.45, 2.75) is 12.6 Å². The first-order valence-corrected chi connectivity index (χ1v) is 7.66. The standard InChI is InChI=1S/C18H14F3N3O2/c19-18(20,21)12-7-5-11(6-8-12)9-16(25)23-24-17(26)14-10-22-15-4-2-1-3-13(14)15/h1-8,10,22H,9H2,(H,23,25)(H,24,26). The Morgan fingerprint density at radius 2 is 1.65 bits per heavy atom. The second kappa shape index (κ2) is 6.91. The van der Waals surface area contributed by atoms with E-state index in [1.807, 2.05) is 12.1 Å². The van der Waals surface area contributed by atoms with Crippen LogP contribution >= 0.6 is 0 Å². The molecule has 0 aliphatic rings. The molecule has 5 nitrogen and oxygen atoms in total. The molecule has 26 heavy (non-hydrogen) atoms. The molecule has 0 unspecified atom stereocenters. The minimum absolute atomic E-state index is 0.160. The molecule has 2 aromatic carbocycles. The van der Waals surface area contributed by atoms with E-state index in [0.29, 0.717) is 16.5 Å². The van der Waals surface area contributed by atoms with Gasteiger partial charge in [0.25, 0.3) is 5.91 Å². The number of hydrazine groups is 1. The summed E-state index contributed by atoms with van der Waals surface area (Å²) in [5.74, 6) is -1.04. The highest BCUT2D eigenvalue weighted by Crippen LogP contribution is 2.29. The Labute approximate surface area is 146 Å². The van der Waals surface area contributed by atoms with E-state index < -0.39 is 23.6 Å². The van der Waals surface area contributed by atoms with Crippen LogP contribution in [0.15, 0.2) is 54.7 Å². The van der Waals surface area contributed by atoms with Gasteiger partial charge in [-0.25, -0.2) is 0 Å². The van der Waals surface area contributed by atoms with Gasteiger partial charge in [-0.05, 0) is 23.8 Å². The number of amides is 2. The van der Waals surface area contributed by atoms with Gasteiger partial charge in [-0.1, -0.05) is 30.3 Å². The summed E-state index contributed by atoms with van der Waals surface area (Å²) in [6, 6.07) is 11.5. The highest BCUT2D eigenvalue weighted by Gasteiger charge is 2.29. The van der Waals surface area contributed by atoms with Crippen LogP contribution in [-0.4, -0.2) is 16.8 Å². The minimum atomic E-state index is -4.42. The van der Waals surface area contributed by atoms with Crippen molar-refractivity contribution >= 4 is 22.7 Å². The number of H-pyrrole nitrogens is 1. The van der Waals surface area contributed by atoms with Gasteiger partial charge in [0.1, 0.15) is 0 Å². The number of fused-ring (bicyclic) bond motifs is 1. The lowest BCUT2D eigenvalue weighted by molar-refractivity contribution is -0.137. The Hall–Kier alpha value is -3.29. The van der Waals surface area contributed by atoms with E-state index in [1.165, 1.54) is 18.3 Å². The number of rotatable bonds is 3. The Morgan fingerprint density at radius 1 is 0.962 bits per heavy atom. The molecule has 0 saturated heterocycles. The van der Waals surface area contributed by atoms with Crippen LogP contribution in [0.3, 0.4) is 0 Å². The van der Waals surface area contributed by atoms with Gasteiger partial charge in [-0.2, -0.15) is 13.2 Å². The van der Waals surface area contributed by atoms with Crippen molar-refractivity contribution < 1.29 is 22.8 Å². The molecule has 1 heterocycles. The van der Waals surface area contributed by atoms with Gasteiger partial charge in [-0.15, -0.1) is 0 Å². The zero-order valence-corrected chi connectivity index (χ0v) is 13.4. The van der Waals surface area contributed by atoms with Crippen molar-refractivity contribution in [2.24, 2.45) is 0 Å². The van der Waals surface area contributed by atoms with Crippen molar-refractivity contribution in [1.82, 2.24) is 15.8 Å². The van der Waals surface area contributed by atoms with Crippen LogP contribution in [0.5, 0.6) is 0 Å². The van der Waals surface area contributed by atoms with Crippen LogP contribution in [0.1, 0.15) is 21.5 Å². The maximum Gasteiger partial charge on any atom is 0.416 e. The molecule has 0 aliphatic heterocycles. The van der Waals surface area contributed by atoms with E-state index in [0.717, 1.165) is 17.6 Å². The zero-order valence-electron chi connectivity index (χ0n) is 13.4. The number of carbonyl (C=O) groups excluding carboxylic acids is 2. The fourth-order valence-electron chi connectivity index (χ4n) is 2.49. The molecule has 3 rings (SSSR count). The first-order chi connectivity index (χ1) is 12.3. The molecule has 3 aromatic rings. The maximum atomic E-state index is 12.5. The zero-order chi connectivity index (χ0) is 18.7. The Kier molecular flexibility index (Phi) is 4.66. The molecule has 8 heteroatoms. The van der Waals surface area contributed by atoms with E-state index >= 15 is 0 Å². The van der Waals surface area contributed by atoms with Crippen LogP contribution in [0.4, 0.5) is 13.2 Å². The minimum Gasteiger partial charge on any atom is -0.360 e. The van der Waals surface area contributed by atoms with Crippen molar-refractivity contribution in [3.8, 4) is 0 Å². The number of halogens is 3. The van der Waals surface area contributed by atoms with Gasteiger partial charge < -0.3 is 4.98 Å². The molecule has 0 bridgehead atoms. The fourth-order valence-corrected chi connectivity index (χ4v) is 2.49. The average molecular weight is 361 g/mol. The summed E-state index contributed by atoms with van der Waals surface area (Å²) >= 11 is 0. The molecule has 134 valence electrons. The van der Waals surface area contributed by atoms with Gasteiger partial charge in [0.2, 0.25) is 5.91 Å². The first kappa shape index (κ1) is 17.5. The molecule has 1 aromatic heterocycles. The second-order valence-corrected chi connectivity index (χ2v) is 5.62. The normalized spacial score (nSPS) is 11.3. The topological polar surface area (TPSA) is 74.0 Å². The molecular formula is C18H14F3N3O2. The number of para-hydroxylation sites is 1. The van der Waals surface area contributed by atoms with Gasteiger partial charge in [0, 0.05) is 17.1 Å². The van der Waals surface area contributed by atoms with Crippen LogP contribution < -0.4 is 10.9 Å².